The number of amides is 1. The fourth-order valence-electron chi connectivity index (χ4n) is 3.32. The van der Waals surface area contributed by atoms with E-state index in [0.717, 1.165) is 33.5 Å². The van der Waals surface area contributed by atoms with Gasteiger partial charge in [-0.05, 0) is 55.8 Å². The van der Waals surface area contributed by atoms with Gasteiger partial charge in [-0.2, -0.15) is 0 Å². The minimum atomic E-state index is -0.0543. The van der Waals surface area contributed by atoms with Crippen molar-refractivity contribution in [2.24, 2.45) is 0 Å². The summed E-state index contributed by atoms with van der Waals surface area (Å²) in [5.41, 5.74) is 4.36. The number of nitrogens with zero attached hydrogens (tertiary/aromatic N) is 3. The van der Waals surface area contributed by atoms with E-state index in [2.05, 4.69) is 9.97 Å². The number of furan rings is 1. The molecule has 3 heterocycles. The van der Waals surface area contributed by atoms with E-state index in [1.54, 1.807) is 23.6 Å². The summed E-state index contributed by atoms with van der Waals surface area (Å²) < 4.78 is 5.50. The normalized spacial score (nSPS) is 10.9. The summed E-state index contributed by atoms with van der Waals surface area (Å²) in [4.78, 5) is 24.1. The first-order chi connectivity index (χ1) is 13.6. The SMILES string of the molecule is Cc1ccc2nc(C)cc(C(=O)N(Cc3cccnc3)Cc3ccco3)c2c1. The van der Waals surface area contributed by atoms with Crippen LogP contribution in [0.3, 0.4) is 0 Å². The van der Waals surface area contributed by atoms with E-state index < -0.39 is 0 Å². The van der Waals surface area contributed by atoms with E-state index in [4.69, 9.17) is 4.42 Å². The number of benzene rings is 1. The van der Waals surface area contributed by atoms with Crippen molar-refractivity contribution < 1.29 is 9.21 Å². The molecule has 0 aliphatic heterocycles. The summed E-state index contributed by atoms with van der Waals surface area (Å²) in [6.07, 6.45) is 5.13. The van der Waals surface area contributed by atoms with Crippen LogP contribution in [0.1, 0.15) is 32.9 Å². The monoisotopic (exact) mass is 371 g/mol. The zero-order valence-corrected chi connectivity index (χ0v) is 15.9. The van der Waals surface area contributed by atoms with Crippen LogP contribution in [0, 0.1) is 13.8 Å². The molecule has 0 saturated carbocycles. The summed E-state index contributed by atoms with van der Waals surface area (Å²) in [5, 5.41) is 0.867. The van der Waals surface area contributed by atoms with Crippen molar-refractivity contribution in [3.05, 3.63) is 95.3 Å². The smallest absolute Gasteiger partial charge is 0.255 e. The van der Waals surface area contributed by atoms with E-state index in [9.17, 15) is 4.79 Å². The average Bonchev–Trinajstić information content (AvgIpc) is 3.20. The van der Waals surface area contributed by atoms with Crippen LogP contribution in [0.2, 0.25) is 0 Å². The number of fused-ring (bicyclic) bond motifs is 1. The fraction of sp³-hybridized carbons (Fsp3) is 0.174. The zero-order chi connectivity index (χ0) is 19.5. The molecule has 1 amide bonds. The summed E-state index contributed by atoms with van der Waals surface area (Å²) in [6, 6.07) is 15.4. The van der Waals surface area contributed by atoms with Gasteiger partial charge in [0.2, 0.25) is 0 Å². The number of aromatic nitrogens is 2. The lowest BCUT2D eigenvalue weighted by molar-refractivity contribution is 0.0719. The van der Waals surface area contributed by atoms with Gasteiger partial charge in [-0.1, -0.05) is 17.7 Å². The molecule has 0 N–H and O–H groups in total. The third-order valence-corrected chi connectivity index (χ3v) is 4.63. The Morgan fingerprint density at radius 1 is 1.07 bits per heavy atom. The Hall–Kier alpha value is -3.47. The first kappa shape index (κ1) is 17.9. The van der Waals surface area contributed by atoms with E-state index in [0.29, 0.717) is 18.7 Å². The standard InChI is InChI=1S/C23H21N3O2/c1-16-7-8-22-20(11-16)21(12-17(2)25-22)23(27)26(15-19-6-4-10-28-19)14-18-5-3-9-24-13-18/h3-13H,14-15H2,1-2H3. The Kier molecular flexibility index (Phi) is 4.89. The summed E-state index contributed by atoms with van der Waals surface area (Å²) in [6.45, 7) is 4.76. The Morgan fingerprint density at radius 2 is 1.96 bits per heavy atom. The van der Waals surface area contributed by atoms with Gasteiger partial charge in [-0.15, -0.1) is 0 Å². The highest BCUT2D eigenvalue weighted by molar-refractivity contribution is 6.06. The highest BCUT2D eigenvalue weighted by atomic mass is 16.3. The molecule has 0 spiro atoms. The van der Waals surface area contributed by atoms with Gasteiger partial charge in [0.25, 0.3) is 5.91 Å². The second-order valence-electron chi connectivity index (χ2n) is 6.93. The van der Waals surface area contributed by atoms with Gasteiger partial charge in [0.05, 0.1) is 23.9 Å². The van der Waals surface area contributed by atoms with E-state index in [1.165, 1.54) is 0 Å². The second kappa shape index (κ2) is 7.64. The van der Waals surface area contributed by atoms with Gasteiger partial charge >= 0.3 is 0 Å². The second-order valence-corrected chi connectivity index (χ2v) is 6.93. The molecule has 5 nitrogen and oxygen atoms in total. The molecular formula is C23H21N3O2. The molecule has 0 radical (unpaired) electrons. The summed E-state index contributed by atoms with van der Waals surface area (Å²) in [5.74, 6) is 0.685. The molecule has 0 saturated heterocycles. The molecule has 1 aromatic carbocycles. The Balaban J connectivity index is 1.76. The molecule has 0 unspecified atom stereocenters. The summed E-state index contributed by atoms with van der Waals surface area (Å²) >= 11 is 0. The molecular weight excluding hydrogens is 350 g/mol. The predicted molar refractivity (Wildman–Crippen MR) is 108 cm³/mol. The molecule has 0 aliphatic carbocycles. The molecule has 4 rings (SSSR count). The van der Waals surface area contributed by atoms with Crippen LogP contribution in [0.15, 0.2) is 71.6 Å². The predicted octanol–water partition coefficient (Wildman–Crippen LogP) is 4.68. The lowest BCUT2D eigenvalue weighted by Crippen LogP contribution is -2.30. The van der Waals surface area contributed by atoms with Crippen molar-refractivity contribution in [3.8, 4) is 0 Å². The number of rotatable bonds is 5. The minimum absolute atomic E-state index is 0.0543. The molecule has 0 fully saturated rings. The highest BCUT2D eigenvalue weighted by Gasteiger charge is 2.21. The molecule has 0 bridgehead atoms. The maximum Gasteiger partial charge on any atom is 0.255 e. The first-order valence-corrected chi connectivity index (χ1v) is 9.19. The van der Waals surface area contributed by atoms with Gasteiger partial charge in [0, 0.05) is 30.0 Å². The molecule has 140 valence electrons. The van der Waals surface area contributed by atoms with E-state index in [-0.39, 0.29) is 5.91 Å². The molecule has 5 heteroatoms. The maximum absolute atomic E-state index is 13.6. The molecule has 0 aliphatic rings. The largest absolute Gasteiger partial charge is 0.467 e. The van der Waals surface area contributed by atoms with Gasteiger partial charge in [0.15, 0.2) is 0 Å². The lowest BCUT2D eigenvalue weighted by Gasteiger charge is -2.23. The number of aryl methyl sites for hydroxylation is 2. The zero-order valence-electron chi connectivity index (χ0n) is 15.9. The molecule has 3 aromatic heterocycles. The minimum Gasteiger partial charge on any atom is -0.467 e. The van der Waals surface area contributed by atoms with Gasteiger partial charge in [-0.3, -0.25) is 14.8 Å². The van der Waals surface area contributed by atoms with Crippen molar-refractivity contribution in [1.29, 1.82) is 0 Å². The molecule has 0 atom stereocenters. The van der Waals surface area contributed by atoms with Crippen molar-refractivity contribution >= 4 is 16.8 Å². The first-order valence-electron chi connectivity index (χ1n) is 9.19. The lowest BCUT2D eigenvalue weighted by atomic mass is 10.0. The van der Waals surface area contributed by atoms with Crippen molar-refractivity contribution in [3.63, 3.8) is 0 Å². The van der Waals surface area contributed by atoms with Gasteiger partial charge in [-0.25, -0.2) is 0 Å². The van der Waals surface area contributed by atoms with Gasteiger partial charge in [0.1, 0.15) is 5.76 Å². The van der Waals surface area contributed by atoms with Crippen molar-refractivity contribution in [2.45, 2.75) is 26.9 Å². The fourth-order valence-corrected chi connectivity index (χ4v) is 3.32. The third-order valence-electron chi connectivity index (χ3n) is 4.63. The Bertz CT molecular complexity index is 1110. The van der Waals surface area contributed by atoms with Crippen LogP contribution >= 0.6 is 0 Å². The van der Waals surface area contributed by atoms with Crippen LogP contribution in [0.4, 0.5) is 0 Å². The highest BCUT2D eigenvalue weighted by Crippen LogP contribution is 2.23. The van der Waals surface area contributed by atoms with Crippen LogP contribution in [-0.2, 0) is 13.1 Å². The Morgan fingerprint density at radius 3 is 2.71 bits per heavy atom. The Labute approximate surface area is 163 Å². The maximum atomic E-state index is 13.6. The number of carbonyl (C=O) groups excluding carboxylic acids is 1. The third kappa shape index (κ3) is 3.78. The number of pyridine rings is 2. The van der Waals surface area contributed by atoms with Crippen LogP contribution in [0.25, 0.3) is 10.9 Å². The van der Waals surface area contributed by atoms with E-state index in [1.807, 2.05) is 62.4 Å². The average molecular weight is 371 g/mol. The number of hydrogen-bond acceptors (Lipinski definition) is 4. The quantitative estimate of drug-likeness (QED) is 0.511. The molecule has 4 aromatic rings. The van der Waals surface area contributed by atoms with Crippen LogP contribution < -0.4 is 0 Å². The van der Waals surface area contributed by atoms with E-state index >= 15 is 0 Å². The van der Waals surface area contributed by atoms with Crippen LogP contribution in [-0.4, -0.2) is 20.8 Å². The number of carbonyl (C=O) groups is 1. The van der Waals surface area contributed by atoms with Crippen LogP contribution in [0.5, 0.6) is 0 Å². The van der Waals surface area contributed by atoms with Gasteiger partial charge < -0.3 is 9.32 Å². The topological polar surface area (TPSA) is 59.2 Å². The molecule has 28 heavy (non-hydrogen) atoms. The number of hydrogen-bond donors (Lipinski definition) is 0. The van der Waals surface area contributed by atoms with Crippen molar-refractivity contribution in [1.82, 2.24) is 14.9 Å². The van der Waals surface area contributed by atoms with Crippen molar-refractivity contribution in [2.75, 3.05) is 0 Å². The summed E-state index contributed by atoms with van der Waals surface area (Å²) in [7, 11) is 0.